The molecule has 3 N–H and O–H groups in total. The Kier molecular flexibility index (Phi) is 4.53. The number of nitrogen functional groups attached to an aromatic ring is 1. The first-order valence-corrected chi connectivity index (χ1v) is 9.46. The minimum absolute atomic E-state index is 0.00224. The lowest BCUT2D eigenvalue weighted by Crippen LogP contribution is -2.09. The van der Waals surface area contributed by atoms with Crippen LogP contribution in [0.1, 0.15) is 11.1 Å². The number of hydrogen-bond donors (Lipinski definition) is 2. The number of benzene rings is 2. The molecule has 0 radical (unpaired) electrons. The fourth-order valence-electron chi connectivity index (χ4n) is 2.41. The monoisotopic (exact) mass is 375 g/mol. The summed E-state index contributed by atoms with van der Waals surface area (Å²) in [5.41, 5.74) is 6.50. The van der Waals surface area contributed by atoms with E-state index >= 15 is 0 Å². The number of phenolic OH excluding ortho intramolecular Hbond substituents is 1. The Bertz CT molecular complexity index is 1040. The van der Waals surface area contributed by atoms with Gasteiger partial charge in [-0.25, -0.2) is 0 Å². The molecular weight excluding hydrogens is 358 g/mol. The molecule has 0 fully saturated rings. The summed E-state index contributed by atoms with van der Waals surface area (Å²) in [5.74, 6) is -0.433. The van der Waals surface area contributed by atoms with Gasteiger partial charge in [0.15, 0.2) is 0 Å². The summed E-state index contributed by atoms with van der Waals surface area (Å²) < 4.78 is 57.5. The molecule has 0 aliphatic rings. The van der Waals surface area contributed by atoms with Gasteiger partial charge in [0.1, 0.15) is 15.5 Å². The smallest absolute Gasteiger partial charge is 0.297 e. The Labute approximate surface area is 140 Å². The Hall–Kier alpha value is -1.88. The van der Waals surface area contributed by atoms with Gasteiger partial charge in [-0.1, -0.05) is 0 Å². The van der Waals surface area contributed by atoms with Crippen LogP contribution in [0.25, 0.3) is 10.8 Å². The summed E-state index contributed by atoms with van der Waals surface area (Å²) in [6.07, 6.45) is 0. The highest BCUT2D eigenvalue weighted by atomic mass is 32.2. The van der Waals surface area contributed by atoms with E-state index in [1.165, 1.54) is 13.0 Å². The highest BCUT2D eigenvalue weighted by Crippen LogP contribution is 2.41. The van der Waals surface area contributed by atoms with E-state index in [9.17, 15) is 21.9 Å². The molecule has 2 rings (SSSR count). The molecule has 0 bridgehead atoms. The molecule has 0 spiro atoms. The zero-order chi connectivity index (χ0) is 18.4. The molecule has 2 aromatic carbocycles. The third-order valence-corrected chi connectivity index (χ3v) is 6.51. The van der Waals surface area contributed by atoms with Gasteiger partial charge >= 0.3 is 0 Å². The average Bonchev–Trinajstić information content (AvgIpc) is 2.53. The number of phenols is 1. The average molecular weight is 375 g/mol. The van der Waals surface area contributed by atoms with Crippen LogP contribution in [-0.2, 0) is 28.6 Å². The number of aryl methyl sites for hydroxylation is 1. The second kappa shape index (κ2) is 5.88. The minimum Gasteiger partial charge on any atom is -0.507 e. The van der Waals surface area contributed by atoms with Crippen molar-refractivity contribution in [2.45, 2.75) is 23.6 Å². The largest absolute Gasteiger partial charge is 0.507 e. The van der Waals surface area contributed by atoms with E-state index in [-0.39, 0.29) is 31.8 Å². The van der Waals surface area contributed by atoms with Crippen molar-refractivity contribution in [1.29, 1.82) is 0 Å². The lowest BCUT2D eigenvalue weighted by Gasteiger charge is -2.16. The molecule has 8 nitrogen and oxygen atoms in total. The van der Waals surface area contributed by atoms with E-state index in [4.69, 9.17) is 5.73 Å². The molecule has 0 saturated heterocycles. The van der Waals surface area contributed by atoms with E-state index in [1.54, 1.807) is 6.92 Å². The van der Waals surface area contributed by atoms with Crippen LogP contribution in [0.4, 0.5) is 5.69 Å². The summed E-state index contributed by atoms with van der Waals surface area (Å²) in [5, 5.41) is 10.4. The number of rotatable bonds is 4. The first-order chi connectivity index (χ1) is 11.0. The van der Waals surface area contributed by atoms with Crippen molar-refractivity contribution in [1.82, 2.24) is 0 Å². The van der Waals surface area contributed by atoms with Crippen LogP contribution in [0.15, 0.2) is 21.9 Å². The third kappa shape index (κ3) is 2.71. The van der Waals surface area contributed by atoms with Crippen LogP contribution >= 0.6 is 0 Å². The van der Waals surface area contributed by atoms with Crippen molar-refractivity contribution in [2.75, 3.05) is 20.0 Å². The van der Waals surface area contributed by atoms with E-state index in [2.05, 4.69) is 8.37 Å². The Morgan fingerprint density at radius 3 is 1.96 bits per heavy atom. The maximum Gasteiger partial charge on any atom is 0.297 e. The standard InChI is InChI=1S/C14H17NO7S2/c1-7-5-11(24(19,20)22-4)9-6-10(23(17,18)21-3)8(2)14(16)12(9)13(7)15/h5-6,16H,15H2,1-4H3. The molecule has 0 atom stereocenters. The maximum atomic E-state index is 12.2. The first kappa shape index (κ1) is 18.5. The highest BCUT2D eigenvalue weighted by molar-refractivity contribution is 7.87. The second-order valence-corrected chi connectivity index (χ2v) is 8.48. The summed E-state index contributed by atoms with van der Waals surface area (Å²) >= 11 is 0. The molecule has 2 aromatic rings. The van der Waals surface area contributed by atoms with Crippen molar-refractivity contribution in [2.24, 2.45) is 0 Å². The summed E-state index contributed by atoms with van der Waals surface area (Å²) in [4.78, 5) is -0.652. The highest BCUT2D eigenvalue weighted by Gasteiger charge is 2.27. The molecule has 0 heterocycles. The molecule has 0 aromatic heterocycles. The fraction of sp³-hybridized carbons (Fsp3) is 0.286. The van der Waals surface area contributed by atoms with Crippen LogP contribution in [0.3, 0.4) is 0 Å². The third-order valence-electron chi connectivity index (χ3n) is 3.79. The van der Waals surface area contributed by atoms with Gasteiger partial charge in [0, 0.05) is 22.0 Å². The molecule has 24 heavy (non-hydrogen) atoms. The topological polar surface area (TPSA) is 133 Å². The molecular formula is C14H17NO7S2. The summed E-state index contributed by atoms with van der Waals surface area (Å²) in [6, 6.07) is 2.36. The van der Waals surface area contributed by atoms with Crippen molar-refractivity contribution in [3.05, 3.63) is 23.3 Å². The lowest BCUT2D eigenvalue weighted by molar-refractivity contribution is 0.395. The van der Waals surface area contributed by atoms with Crippen LogP contribution in [0.5, 0.6) is 5.75 Å². The van der Waals surface area contributed by atoms with Gasteiger partial charge in [-0.3, -0.25) is 8.37 Å². The van der Waals surface area contributed by atoms with Crippen LogP contribution < -0.4 is 5.73 Å². The van der Waals surface area contributed by atoms with Gasteiger partial charge in [0.25, 0.3) is 20.2 Å². The van der Waals surface area contributed by atoms with Gasteiger partial charge in [0.2, 0.25) is 0 Å². The molecule has 0 unspecified atom stereocenters. The lowest BCUT2D eigenvalue weighted by atomic mass is 10.0. The predicted molar refractivity (Wildman–Crippen MR) is 87.9 cm³/mol. The zero-order valence-electron chi connectivity index (χ0n) is 13.4. The Morgan fingerprint density at radius 1 is 0.958 bits per heavy atom. The molecule has 132 valence electrons. The van der Waals surface area contributed by atoms with Crippen LogP contribution in [0, 0.1) is 13.8 Å². The van der Waals surface area contributed by atoms with Crippen molar-refractivity contribution in [3.8, 4) is 5.75 Å². The van der Waals surface area contributed by atoms with Crippen LogP contribution in [0.2, 0.25) is 0 Å². The molecule has 0 aliphatic heterocycles. The van der Waals surface area contributed by atoms with Crippen LogP contribution in [-0.4, -0.2) is 36.2 Å². The van der Waals surface area contributed by atoms with Crippen molar-refractivity contribution in [3.63, 3.8) is 0 Å². The normalized spacial score (nSPS) is 12.7. The summed E-state index contributed by atoms with van der Waals surface area (Å²) in [6.45, 7) is 2.94. The molecule has 0 saturated carbocycles. The number of anilines is 1. The van der Waals surface area contributed by atoms with Gasteiger partial charge in [-0.05, 0) is 31.5 Å². The molecule has 0 amide bonds. The maximum absolute atomic E-state index is 12.2. The van der Waals surface area contributed by atoms with E-state index < -0.39 is 26.0 Å². The second-order valence-electron chi connectivity index (χ2n) is 5.12. The summed E-state index contributed by atoms with van der Waals surface area (Å²) in [7, 11) is -6.39. The number of aromatic hydroxyl groups is 1. The molecule has 10 heteroatoms. The van der Waals surface area contributed by atoms with Gasteiger partial charge in [-0.15, -0.1) is 0 Å². The Morgan fingerprint density at radius 2 is 1.46 bits per heavy atom. The fourth-order valence-corrected chi connectivity index (χ4v) is 4.25. The molecule has 0 aliphatic carbocycles. The number of fused-ring (bicyclic) bond motifs is 1. The number of nitrogens with two attached hydrogens (primary N) is 1. The van der Waals surface area contributed by atoms with E-state index in [0.29, 0.717) is 5.56 Å². The van der Waals surface area contributed by atoms with Gasteiger partial charge < -0.3 is 10.8 Å². The quantitative estimate of drug-likeness (QED) is 0.605. The van der Waals surface area contributed by atoms with Crippen molar-refractivity contribution < 1.29 is 30.3 Å². The van der Waals surface area contributed by atoms with E-state index in [1.807, 2.05) is 0 Å². The SMILES string of the molecule is COS(=O)(=O)c1cc2c(S(=O)(=O)OC)cc(C)c(N)c2c(O)c1C. The first-order valence-electron chi connectivity index (χ1n) is 6.64. The Balaban J connectivity index is 3.17. The number of hydrogen-bond acceptors (Lipinski definition) is 8. The zero-order valence-corrected chi connectivity index (χ0v) is 15.1. The minimum atomic E-state index is -4.17. The van der Waals surface area contributed by atoms with Gasteiger partial charge in [-0.2, -0.15) is 16.8 Å². The van der Waals surface area contributed by atoms with E-state index in [0.717, 1.165) is 20.3 Å². The van der Waals surface area contributed by atoms with Crippen molar-refractivity contribution >= 4 is 36.7 Å². The van der Waals surface area contributed by atoms with Gasteiger partial charge in [0.05, 0.1) is 14.2 Å². The predicted octanol–water partition coefficient (Wildman–Crippen LogP) is 1.41.